The van der Waals surface area contributed by atoms with Gasteiger partial charge in [-0.15, -0.1) is 6.58 Å². The van der Waals surface area contributed by atoms with Gasteiger partial charge in [0.1, 0.15) is 11.5 Å². The summed E-state index contributed by atoms with van der Waals surface area (Å²) in [5, 5.41) is 26.1. The number of Topliss-reactive ketones (excluding diaryl/α,β-unsaturated/α-hetero) is 1. The van der Waals surface area contributed by atoms with E-state index in [0.29, 0.717) is 12.2 Å². The van der Waals surface area contributed by atoms with Gasteiger partial charge in [-0.05, 0) is 65.6 Å². The number of phenolic OH excluding ortho intramolecular Hbond substituents is 2. The number of hydrogen-bond acceptors (Lipinski definition) is 7. The number of ketones is 1. The van der Waals surface area contributed by atoms with E-state index >= 15 is 0 Å². The third-order valence-electron chi connectivity index (χ3n) is 8.83. The van der Waals surface area contributed by atoms with E-state index in [1.807, 2.05) is 42.5 Å². The zero-order valence-corrected chi connectivity index (χ0v) is 25.9. The van der Waals surface area contributed by atoms with E-state index in [1.54, 1.807) is 75.7 Å². The van der Waals surface area contributed by atoms with Gasteiger partial charge >= 0.3 is 6.03 Å². The zero-order valence-electron chi connectivity index (χ0n) is 25.9. The number of piperidine rings is 1. The standard InChI is InChI=1S/C37H37N5O5/c1-2-19-41-24-33(45)34-31(20-25-10-14-29(43)15-11-25)36(46)40(22-28-9-6-18-38-35(28)27-12-16-30(44)17-13-27)23-32(34)42(41)37(47)39-21-26-7-4-3-5-8-26/h2-18,31-32,34,43-44H,1,19-24H2,(H,39,47). The van der Waals surface area contributed by atoms with Crippen LogP contribution >= 0.6 is 0 Å². The number of rotatable bonds is 9. The molecule has 1 aromatic heterocycles. The molecule has 10 heteroatoms. The molecular weight excluding hydrogens is 594 g/mol. The Labute approximate surface area is 273 Å². The maximum absolute atomic E-state index is 14.4. The lowest BCUT2D eigenvalue weighted by molar-refractivity contribution is -0.167. The molecule has 3 amide bonds. The maximum Gasteiger partial charge on any atom is 0.332 e. The Hall–Kier alpha value is -5.48. The van der Waals surface area contributed by atoms with Crippen LogP contribution < -0.4 is 5.32 Å². The van der Waals surface area contributed by atoms with Crippen LogP contribution in [0.1, 0.15) is 16.7 Å². The Balaban J connectivity index is 1.37. The molecule has 2 aliphatic rings. The largest absolute Gasteiger partial charge is 0.508 e. The second-order valence-corrected chi connectivity index (χ2v) is 11.9. The molecule has 2 fully saturated rings. The van der Waals surface area contributed by atoms with Crippen molar-refractivity contribution in [2.24, 2.45) is 11.8 Å². The third-order valence-corrected chi connectivity index (χ3v) is 8.83. The molecule has 4 aromatic rings. The fraction of sp³-hybridized carbons (Fsp3) is 0.243. The van der Waals surface area contributed by atoms with Gasteiger partial charge in [-0.3, -0.25) is 19.6 Å². The molecule has 2 saturated heterocycles. The number of likely N-dealkylation sites (tertiary alicyclic amines) is 1. The number of amides is 3. The summed E-state index contributed by atoms with van der Waals surface area (Å²) in [7, 11) is 0. The van der Waals surface area contributed by atoms with Crippen LogP contribution in [0.3, 0.4) is 0 Å². The molecule has 10 nitrogen and oxygen atoms in total. The second kappa shape index (κ2) is 13.9. The fourth-order valence-electron chi connectivity index (χ4n) is 6.65. The van der Waals surface area contributed by atoms with Crippen molar-refractivity contribution in [2.45, 2.75) is 25.6 Å². The number of carbonyl (C=O) groups excluding carboxylic acids is 3. The number of urea groups is 1. The van der Waals surface area contributed by atoms with Crippen molar-refractivity contribution in [3.05, 3.63) is 127 Å². The number of hydrazine groups is 1. The Morgan fingerprint density at radius 2 is 1.62 bits per heavy atom. The molecule has 0 bridgehead atoms. The number of benzene rings is 3. The highest BCUT2D eigenvalue weighted by Crippen LogP contribution is 2.37. The van der Waals surface area contributed by atoms with Crippen molar-refractivity contribution < 1.29 is 24.6 Å². The minimum absolute atomic E-state index is 0.0289. The number of aromatic hydroxyl groups is 2. The van der Waals surface area contributed by atoms with Crippen LogP contribution in [0.5, 0.6) is 11.5 Å². The molecule has 0 aliphatic carbocycles. The molecule has 3 unspecified atom stereocenters. The first-order chi connectivity index (χ1) is 22.8. The summed E-state index contributed by atoms with van der Waals surface area (Å²) in [6.45, 7) is 4.74. The normalized spacial score (nSPS) is 19.7. The Bertz CT molecular complexity index is 1750. The van der Waals surface area contributed by atoms with Gasteiger partial charge in [-0.1, -0.05) is 54.6 Å². The molecule has 0 saturated carbocycles. The first-order valence-electron chi connectivity index (χ1n) is 15.6. The predicted molar refractivity (Wildman–Crippen MR) is 177 cm³/mol. The van der Waals surface area contributed by atoms with Crippen molar-refractivity contribution >= 4 is 17.7 Å². The average molecular weight is 632 g/mol. The summed E-state index contributed by atoms with van der Waals surface area (Å²) in [5.74, 6) is -1.52. The van der Waals surface area contributed by atoms with Crippen molar-refractivity contribution in [1.29, 1.82) is 0 Å². The summed E-state index contributed by atoms with van der Waals surface area (Å²) < 4.78 is 0. The van der Waals surface area contributed by atoms with Crippen molar-refractivity contribution in [3.63, 3.8) is 0 Å². The number of hydrogen-bond donors (Lipinski definition) is 3. The Morgan fingerprint density at radius 1 is 0.915 bits per heavy atom. The van der Waals surface area contributed by atoms with E-state index in [9.17, 15) is 24.6 Å². The average Bonchev–Trinajstić information content (AvgIpc) is 3.08. The fourth-order valence-corrected chi connectivity index (χ4v) is 6.65. The molecule has 3 aromatic carbocycles. The highest BCUT2D eigenvalue weighted by atomic mass is 16.3. The minimum Gasteiger partial charge on any atom is -0.508 e. The molecule has 0 spiro atoms. The number of carbonyl (C=O) groups is 3. The van der Waals surface area contributed by atoms with Crippen LogP contribution in [0.4, 0.5) is 4.79 Å². The summed E-state index contributed by atoms with van der Waals surface area (Å²) in [4.78, 5) is 48.6. The predicted octanol–water partition coefficient (Wildman–Crippen LogP) is 4.54. The Kier molecular flexibility index (Phi) is 9.30. The van der Waals surface area contributed by atoms with Crippen LogP contribution in [0.2, 0.25) is 0 Å². The Morgan fingerprint density at radius 3 is 2.32 bits per heavy atom. The maximum atomic E-state index is 14.4. The zero-order chi connectivity index (χ0) is 32.9. The summed E-state index contributed by atoms with van der Waals surface area (Å²) in [6.07, 6.45) is 3.60. The van der Waals surface area contributed by atoms with Crippen molar-refractivity contribution in [3.8, 4) is 22.8 Å². The molecule has 240 valence electrons. The quantitative estimate of drug-likeness (QED) is 0.232. The first-order valence-corrected chi connectivity index (χ1v) is 15.6. The van der Waals surface area contributed by atoms with Crippen LogP contribution in [0.25, 0.3) is 11.3 Å². The van der Waals surface area contributed by atoms with Gasteiger partial charge in [0, 0.05) is 37.9 Å². The highest BCUT2D eigenvalue weighted by Gasteiger charge is 2.53. The molecular formula is C37H37N5O5. The molecule has 2 aliphatic heterocycles. The van der Waals surface area contributed by atoms with E-state index in [0.717, 1.165) is 22.3 Å². The van der Waals surface area contributed by atoms with Crippen LogP contribution in [-0.2, 0) is 29.1 Å². The summed E-state index contributed by atoms with van der Waals surface area (Å²) in [6, 6.07) is 25.7. The summed E-state index contributed by atoms with van der Waals surface area (Å²) in [5.41, 5.74) is 3.98. The topological polar surface area (TPSA) is 126 Å². The van der Waals surface area contributed by atoms with E-state index in [-0.39, 0.29) is 61.8 Å². The minimum atomic E-state index is -0.741. The van der Waals surface area contributed by atoms with Crippen molar-refractivity contribution in [1.82, 2.24) is 25.2 Å². The van der Waals surface area contributed by atoms with Gasteiger partial charge < -0.3 is 20.4 Å². The lowest BCUT2D eigenvalue weighted by Crippen LogP contribution is -2.71. The molecule has 3 heterocycles. The van der Waals surface area contributed by atoms with Gasteiger partial charge in [-0.25, -0.2) is 9.80 Å². The van der Waals surface area contributed by atoms with Gasteiger partial charge in [0.2, 0.25) is 5.91 Å². The number of fused-ring (bicyclic) bond motifs is 1. The van der Waals surface area contributed by atoms with Crippen LogP contribution in [0.15, 0.2) is 110 Å². The number of aromatic nitrogens is 1. The highest BCUT2D eigenvalue weighted by molar-refractivity contribution is 5.94. The SMILES string of the molecule is C=CCN1CC(=O)C2C(Cc3ccc(O)cc3)C(=O)N(Cc3cccnc3-c3ccc(O)cc3)CC2N1C(=O)NCc1ccccc1. The third kappa shape index (κ3) is 6.87. The smallest absolute Gasteiger partial charge is 0.332 e. The van der Waals surface area contributed by atoms with Gasteiger partial charge in [0.25, 0.3) is 0 Å². The molecule has 6 rings (SSSR count). The molecule has 47 heavy (non-hydrogen) atoms. The van der Waals surface area contributed by atoms with E-state index in [2.05, 4.69) is 16.9 Å². The first kappa shape index (κ1) is 31.5. The monoisotopic (exact) mass is 631 g/mol. The second-order valence-electron chi connectivity index (χ2n) is 11.9. The van der Waals surface area contributed by atoms with E-state index in [4.69, 9.17) is 0 Å². The van der Waals surface area contributed by atoms with Gasteiger partial charge in [-0.2, -0.15) is 0 Å². The molecule has 0 radical (unpaired) electrons. The summed E-state index contributed by atoms with van der Waals surface area (Å²) >= 11 is 0. The molecule has 3 atom stereocenters. The van der Waals surface area contributed by atoms with Crippen molar-refractivity contribution in [2.75, 3.05) is 19.6 Å². The molecule has 3 N–H and O–H groups in total. The lowest BCUT2D eigenvalue weighted by atomic mass is 9.74. The van der Waals surface area contributed by atoms with Gasteiger partial charge in [0.05, 0.1) is 30.1 Å². The van der Waals surface area contributed by atoms with Crippen LogP contribution in [-0.4, -0.2) is 73.5 Å². The van der Waals surface area contributed by atoms with E-state index < -0.39 is 17.9 Å². The van der Waals surface area contributed by atoms with Gasteiger partial charge in [0.15, 0.2) is 5.78 Å². The lowest BCUT2D eigenvalue weighted by Gasteiger charge is -2.52. The number of nitrogens with zero attached hydrogens (tertiary/aromatic N) is 4. The van der Waals surface area contributed by atoms with Crippen LogP contribution in [0, 0.1) is 11.8 Å². The number of nitrogens with one attached hydrogen (secondary N) is 1. The number of phenols is 2. The number of pyridine rings is 1. The van der Waals surface area contributed by atoms with E-state index in [1.165, 1.54) is 0 Å².